The van der Waals surface area contributed by atoms with Crippen molar-refractivity contribution in [3.63, 3.8) is 0 Å². The maximum absolute atomic E-state index is 14.2. The first kappa shape index (κ1) is 102. The van der Waals surface area contributed by atoms with Crippen LogP contribution in [-0.4, -0.2) is 312 Å². The largest absolute Gasteiger partial charge is 0.481 e. The Morgan fingerprint density at radius 3 is 0.991 bits per heavy atom. The quantitative estimate of drug-likeness (QED) is 0.0252. The molecule has 0 saturated carbocycles. The average Bonchev–Trinajstić information content (AvgIpc) is 1.59. The second-order valence-electron chi connectivity index (χ2n) is 26.7. The highest BCUT2D eigenvalue weighted by molar-refractivity contribution is 7.98. The lowest BCUT2D eigenvalue weighted by atomic mass is 10.0. The number of hydrogen-bond donors (Lipinski definition) is 23. The molecule has 650 valence electrons. The molecule has 1 heterocycles. The smallest absolute Gasteiger partial charge is 0.303 e. The number of carboxylic acid groups (broad SMARTS) is 9. The molecule has 49 heteroatoms. The number of nitrogens with two attached hydrogens (primary N) is 1. The van der Waals surface area contributed by atoms with E-state index in [9.17, 15) is 151 Å². The fourth-order valence-electron chi connectivity index (χ4n) is 10.9. The third-order valence-electron chi connectivity index (χ3n) is 16.9. The number of nitrogens with zero attached hydrogens (tertiary/aromatic N) is 1. The molecule has 0 radical (unpaired) electrons. The van der Waals surface area contributed by atoms with Gasteiger partial charge in [-0.15, -0.1) is 0 Å². The number of likely N-dealkylation sites (N-methyl/N-ethyl adjacent to an activating group) is 1. The van der Waals surface area contributed by atoms with Gasteiger partial charge in [0.1, 0.15) is 73.1 Å². The maximum atomic E-state index is 14.2. The lowest BCUT2D eigenvalue weighted by molar-refractivity contribution is -0.142. The van der Waals surface area contributed by atoms with Gasteiger partial charge in [-0.2, -0.15) is 11.8 Å². The van der Waals surface area contributed by atoms with Gasteiger partial charge in [-0.1, -0.05) is 13.8 Å². The van der Waals surface area contributed by atoms with Gasteiger partial charge in [-0.3, -0.25) is 110 Å². The minimum Gasteiger partial charge on any atom is -0.481 e. The Labute approximate surface area is 665 Å². The summed E-state index contributed by atoms with van der Waals surface area (Å²) in [7, 11) is 1.39. The second kappa shape index (κ2) is 54.0. The van der Waals surface area contributed by atoms with Crippen LogP contribution in [0.1, 0.15) is 149 Å². The molecule has 1 unspecified atom stereocenters. The number of carbonyl (C=O) groups excluding carboxylic acids is 14. The molecular formula is C67H103N15O33S. The van der Waals surface area contributed by atoms with E-state index in [1.807, 2.05) is 5.32 Å². The molecule has 1 rings (SSSR count). The summed E-state index contributed by atoms with van der Waals surface area (Å²) in [6.07, 6.45) is -13.0. The summed E-state index contributed by atoms with van der Waals surface area (Å²) in [5.41, 5.74) is 5.73. The topological polar surface area (TPSA) is 770 Å². The van der Waals surface area contributed by atoms with Crippen LogP contribution in [0.15, 0.2) is 0 Å². The molecule has 1 fully saturated rings. The average molecular weight is 1680 g/mol. The summed E-state index contributed by atoms with van der Waals surface area (Å²) in [6.45, 7) is 1.56. The van der Waals surface area contributed by atoms with E-state index in [-0.39, 0.29) is 31.1 Å². The highest BCUT2D eigenvalue weighted by atomic mass is 32.2. The first-order valence-corrected chi connectivity index (χ1v) is 37.7. The SMILES string of the molecule is CNC(=O)[C@H](CSC)NC(=O)CNC(=O)[C@@H](CC(C)C)NC(=O)C1CCCN1C(=O)COCCNC(=O)[C@@H](CCC(=O)O)NC(=O)[C@@H](CCC(=O)O)NC(=O)[C@@H](CCC(=O)O)NC(=O)[C@@H](CCC(=O)O)NC(=O)[C@@H](CCC(=O)O)NC(=O)[C@@H](CCC(=O)O)NC(=O)[C@@H](CCC(=O)O)NC(=O)[C@@H](CCC(=O)O)NC(=O)[C@H](N)CCC(=O)O. The molecule has 48 nitrogen and oxygen atoms in total. The predicted octanol–water partition coefficient (Wildman–Crippen LogP) is -7.66. The van der Waals surface area contributed by atoms with Crippen molar-refractivity contribution in [3.8, 4) is 0 Å². The lowest BCUT2D eigenvalue weighted by Crippen LogP contribution is -2.60. The molecule has 0 aromatic rings. The van der Waals surface area contributed by atoms with Crippen LogP contribution in [-0.2, 0) is 115 Å². The van der Waals surface area contributed by atoms with Crippen molar-refractivity contribution in [1.82, 2.24) is 74.0 Å². The van der Waals surface area contributed by atoms with Gasteiger partial charge in [-0.05, 0) is 89.2 Å². The number of aliphatic carboxylic acids is 9. The van der Waals surface area contributed by atoms with Gasteiger partial charge in [-0.25, -0.2) is 0 Å². The number of thioether (sulfide) groups is 1. The van der Waals surface area contributed by atoms with Gasteiger partial charge in [0.2, 0.25) is 82.7 Å². The Kier molecular flexibility index (Phi) is 47.5. The molecule has 14 amide bonds. The Morgan fingerprint density at radius 1 is 0.388 bits per heavy atom. The predicted molar refractivity (Wildman–Crippen MR) is 393 cm³/mol. The van der Waals surface area contributed by atoms with Gasteiger partial charge < -0.3 is 130 Å². The molecule has 24 N–H and O–H groups in total. The normalized spacial score (nSPS) is 15.1. The van der Waals surface area contributed by atoms with Gasteiger partial charge in [0.25, 0.3) is 0 Å². The zero-order chi connectivity index (χ0) is 88.1. The Morgan fingerprint density at radius 2 is 0.690 bits per heavy atom. The van der Waals surface area contributed by atoms with E-state index >= 15 is 0 Å². The highest BCUT2D eigenvalue weighted by Crippen LogP contribution is 2.20. The number of rotatable bonds is 60. The van der Waals surface area contributed by atoms with E-state index in [1.54, 1.807) is 20.1 Å². The maximum Gasteiger partial charge on any atom is 0.303 e. The van der Waals surface area contributed by atoms with Gasteiger partial charge >= 0.3 is 53.7 Å². The summed E-state index contributed by atoms with van der Waals surface area (Å²) < 4.78 is 5.47. The molecule has 0 spiro atoms. The molecule has 116 heavy (non-hydrogen) atoms. The summed E-state index contributed by atoms with van der Waals surface area (Å²) in [5, 5.41) is 115. The van der Waals surface area contributed by atoms with Crippen LogP contribution in [0.2, 0.25) is 0 Å². The van der Waals surface area contributed by atoms with Crippen LogP contribution < -0.4 is 74.9 Å². The molecule has 1 saturated heterocycles. The van der Waals surface area contributed by atoms with Gasteiger partial charge in [0.15, 0.2) is 0 Å². The Bertz CT molecular complexity index is 3530. The van der Waals surface area contributed by atoms with Gasteiger partial charge in [0, 0.05) is 83.7 Å². The minimum absolute atomic E-state index is 0.0866. The molecule has 0 aromatic heterocycles. The standard InChI is InChI=1S/C67H103N15O33S/c1-32(2)28-42(59(106)71-29-45(83)72-43(31-116-4)57(104)69-3)81-67(114)44-6-5-26-82(44)46(84)30-115-27-25-70-58(105)34(8-17-48(87)88)74-61(108)36(10-19-50(91)92)76-63(110)38(12-21-52(95)96)78-65(112)40(14-23-54(99)100)80-66(113)41(15-24-55(101)102)79-64(111)39(13-22-53(97)98)77-62(109)37(11-20-51(93)94)75-60(107)35(9-18-49(89)90)73-56(103)33(68)7-16-47(85)86/h32-44H,5-31,68H2,1-4H3,(H,69,104)(H,70,105)(H,71,106)(H,72,83)(H,73,103)(H,74,108)(H,75,107)(H,76,110)(H,77,109)(H,78,112)(H,79,111)(H,80,113)(H,81,114)(H,85,86)(H,87,88)(H,89,90)(H,91,92)(H,93,94)(H,95,96)(H,97,98)(H,99,100)(H,101,102)/t33-,34-,35-,36-,37-,38-,39-,40-,41-,42-,43+,44?/m1/s1. The van der Waals surface area contributed by atoms with E-state index in [2.05, 4.69) is 63.8 Å². The van der Waals surface area contributed by atoms with Crippen molar-refractivity contribution in [2.75, 3.05) is 51.9 Å². The number of amides is 14. The van der Waals surface area contributed by atoms with Crippen molar-refractivity contribution in [1.29, 1.82) is 0 Å². The molecule has 12 atom stereocenters. The summed E-state index contributed by atoms with van der Waals surface area (Å²) in [5.74, 6) is -29.9. The van der Waals surface area contributed by atoms with Crippen molar-refractivity contribution >= 4 is 148 Å². The summed E-state index contributed by atoms with van der Waals surface area (Å²) in [6, 6.07) is -21.1. The fraction of sp³-hybridized carbons (Fsp3) is 0.657. The number of nitrogens with one attached hydrogen (secondary N) is 13. The van der Waals surface area contributed by atoms with E-state index in [1.165, 1.54) is 23.7 Å². The van der Waals surface area contributed by atoms with Crippen LogP contribution in [0, 0.1) is 5.92 Å². The van der Waals surface area contributed by atoms with E-state index in [0.29, 0.717) is 6.42 Å². The second-order valence-corrected chi connectivity index (χ2v) is 27.6. The van der Waals surface area contributed by atoms with Crippen LogP contribution >= 0.6 is 11.8 Å². The fourth-order valence-corrected chi connectivity index (χ4v) is 11.4. The Balaban J connectivity index is 3.53. The number of ether oxygens (including phenoxy) is 1. The molecular weight excluding hydrogens is 1570 g/mol. The van der Waals surface area contributed by atoms with E-state index in [4.69, 9.17) is 15.6 Å². The van der Waals surface area contributed by atoms with Crippen LogP contribution in [0.4, 0.5) is 0 Å². The molecule has 0 aliphatic carbocycles. The van der Waals surface area contributed by atoms with E-state index in [0.717, 1.165) is 0 Å². The first-order chi connectivity index (χ1) is 54.4. The zero-order valence-corrected chi connectivity index (χ0v) is 64.7. The molecule has 1 aliphatic rings. The van der Waals surface area contributed by atoms with Crippen LogP contribution in [0.5, 0.6) is 0 Å². The van der Waals surface area contributed by atoms with Crippen molar-refractivity contribution in [2.45, 2.75) is 221 Å². The van der Waals surface area contributed by atoms with Crippen molar-refractivity contribution < 1.29 is 161 Å². The Hall–Kier alpha value is -11.9. The minimum atomic E-state index is -2.18. The number of carbonyl (C=O) groups is 23. The summed E-state index contributed by atoms with van der Waals surface area (Å²) in [4.78, 5) is 297. The van der Waals surface area contributed by atoms with Crippen molar-refractivity contribution in [2.24, 2.45) is 11.7 Å². The lowest BCUT2D eigenvalue weighted by Gasteiger charge is -2.28. The van der Waals surface area contributed by atoms with E-state index < -0.39 is 351 Å². The third-order valence-corrected chi connectivity index (χ3v) is 17.6. The van der Waals surface area contributed by atoms with Crippen LogP contribution in [0.25, 0.3) is 0 Å². The van der Waals surface area contributed by atoms with Crippen LogP contribution in [0.3, 0.4) is 0 Å². The molecule has 0 aromatic carbocycles. The van der Waals surface area contributed by atoms with Crippen molar-refractivity contribution in [3.05, 3.63) is 0 Å². The van der Waals surface area contributed by atoms with Gasteiger partial charge in [0.05, 0.1) is 19.2 Å². The number of carboxylic acids is 9. The first-order valence-electron chi connectivity index (χ1n) is 36.3. The number of hydrogen-bond acceptors (Lipinski definition) is 26. The molecule has 1 aliphatic heterocycles. The molecule has 0 bridgehead atoms. The zero-order valence-electron chi connectivity index (χ0n) is 63.9. The highest BCUT2D eigenvalue weighted by Gasteiger charge is 2.39. The number of likely N-dealkylation sites (tertiary alicyclic amines) is 1. The monoisotopic (exact) mass is 1680 g/mol. The third kappa shape index (κ3) is 42.3. The summed E-state index contributed by atoms with van der Waals surface area (Å²) >= 11 is 1.30.